The molecule has 1 aliphatic rings. The third kappa shape index (κ3) is 7.14. The summed E-state index contributed by atoms with van der Waals surface area (Å²) in [6.07, 6.45) is 3.41. The van der Waals surface area contributed by atoms with Gasteiger partial charge in [0.25, 0.3) is 8.32 Å². The van der Waals surface area contributed by atoms with Crippen LogP contribution in [0, 0.1) is 6.92 Å². The zero-order valence-corrected chi connectivity index (χ0v) is 29.3. The van der Waals surface area contributed by atoms with E-state index in [0.29, 0.717) is 19.4 Å². The second-order valence-corrected chi connectivity index (χ2v) is 19.4. The van der Waals surface area contributed by atoms with Gasteiger partial charge in [0.05, 0.1) is 30.3 Å². The number of hydrogen-bond donors (Lipinski definition) is 0. The van der Waals surface area contributed by atoms with Gasteiger partial charge >= 0.3 is 0 Å². The van der Waals surface area contributed by atoms with E-state index in [1.165, 1.54) is 0 Å². The van der Waals surface area contributed by atoms with Crippen LogP contribution in [0.1, 0.15) is 51.2 Å². The summed E-state index contributed by atoms with van der Waals surface area (Å²) in [5.41, 5.74) is 2.06. The van der Waals surface area contributed by atoms with Gasteiger partial charge in [-0.15, -0.1) is 6.58 Å². The Morgan fingerprint density at radius 3 is 1.89 bits per heavy atom. The van der Waals surface area contributed by atoms with Gasteiger partial charge in [-0.2, -0.15) is 4.31 Å². The molecule has 0 aliphatic carbocycles. The van der Waals surface area contributed by atoms with Crippen molar-refractivity contribution in [3.05, 3.63) is 139 Å². The SMILES string of the molecule is C=CC[C@@H]1CC[C@@H](OCc2ccccc2)[C@H](CO[Si](c2ccccc2)(c2ccccc2)C(C)(C)C)N1S(=O)(=O)c1ccc(C)cc1. The van der Waals surface area contributed by atoms with Crippen LogP contribution >= 0.6 is 0 Å². The molecule has 0 aromatic heterocycles. The Labute approximate surface area is 277 Å². The molecule has 1 aliphatic heterocycles. The first-order valence-corrected chi connectivity index (χ1v) is 19.5. The highest BCUT2D eigenvalue weighted by Crippen LogP contribution is 2.39. The fourth-order valence-corrected chi connectivity index (χ4v) is 13.3. The van der Waals surface area contributed by atoms with Gasteiger partial charge in [0.1, 0.15) is 0 Å². The van der Waals surface area contributed by atoms with Crippen LogP contribution in [0.3, 0.4) is 0 Å². The summed E-state index contributed by atoms with van der Waals surface area (Å²) in [6, 6.07) is 37.4. The molecule has 1 fully saturated rings. The van der Waals surface area contributed by atoms with E-state index in [2.05, 4.69) is 75.9 Å². The molecule has 0 amide bonds. The predicted octanol–water partition coefficient (Wildman–Crippen LogP) is 7.25. The van der Waals surface area contributed by atoms with E-state index in [4.69, 9.17) is 9.16 Å². The summed E-state index contributed by atoms with van der Waals surface area (Å²) in [6.45, 7) is 13.3. The van der Waals surface area contributed by atoms with Crippen LogP contribution in [0.4, 0.5) is 0 Å². The molecule has 1 heterocycles. The molecule has 5 nitrogen and oxygen atoms in total. The molecule has 4 aromatic carbocycles. The molecule has 242 valence electrons. The number of piperidine rings is 1. The second-order valence-electron chi connectivity index (χ2n) is 13.3. The van der Waals surface area contributed by atoms with E-state index in [1.807, 2.05) is 67.6 Å². The Kier molecular flexibility index (Phi) is 10.8. The van der Waals surface area contributed by atoms with Crippen molar-refractivity contribution in [3.63, 3.8) is 0 Å². The summed E-state index contributed by atoms with van der Waals surface area (Å²) >= 11 is 0. The molecular weight excluding hydrogens is 607 g/mol. The number of sulfonamides is 1. The predicted molar refractivity (Wildman–Crippen MR) is 190 cm³/mol. The zero-order valence-electron chi connectivity index (χ0n) is 27.5. The molecule has 0 bridgehead atoms. The number of ether oxygens (including phenoxy) is 1. The van der Waals surface area contributed by atoms with Crippen molar-refractivity contribution in [1.82, 2.24) is 4.31 Å². The van der Waals surface area contributed by atoms with Crippen molar-refractivity contribution in [2.24, 2.45) is 0 Å². The Balaban J connectivity index is 1.62. The molecule has 0 radical (unpaired) electrons. The molecule has 0 saturated carbocycles. The quantitative estimate of drug-likeness (QED) is 0.119. The van der Waals surface area contributed by atoms with Gasteiger partial charge in [-0.1, -0.05) is 136 Å². The van der Waals surface area contributed by atoms with E-state index in [1.54, 1.807) is 16.4 Å². The average molecular weight is 654 g/mol. The Bertz CT molecular complexity index is 1620. The van der Waals surface area contributed by atoms with Gasteiger partial charge in [0.15, 0.2) is 0 Å². The van der Waals surface area contributed by atoms with Gasteiger partial charge in [-0.25, -0.2) is 8.42 Å². The topological polar surface area (TPSA) is 55.8 Å². The minimum atomic E-state index is -3.91. The first-order chi connectivity index (χ1) is 22.1. The standard InChI is InChI=1S/C39H47NO4SSi/c1-6-16-33-25-28-38(43-29-32-17-10-7-11-18-32)37(40(33)45(41,42)34-26-23-31(2)24-27-34)30-44-46(39(3,4)5,35-19-12-8-13-20-35)36-21-14-9-15-22-36/h6-15,17-24,26-27,33,37-38H,1,16,25,28-30H2,2-5H3/t33-,37+,38-/m1/s1. The van der Waals surface area contributed by atoms with Gasteiger partial charge < -0.3 is 9.16 Å². The average Bonchev–Trinajstić information content (AvgIpc) is 3.05. The molecule has 0 unspecified atom stereocenters. The van der Waals surface area contributed by atoms with Crippen LogP contribution in [0.25, 0.3) is 0 Å². The number of nitrogens with zero attached hydrogens (tertiary/aromatic N) is 1. The molecular formula is C39H47NO4SSi. The number of benzene rings is 4. The van der Waals surface area contributed by atoms with Crippen LogP contribution in [0.5, 0.6) is 0 Å². The summed E-state index contributed by atoms with van der Waals surface area (Å²) in [5.74, 6) is 0. The normalized spacial score (nSPS) is 19.5. The third-order valence-electron chi connectivity index (χ3n) is 9.13. The van der Waals surface area contributed by atoms with Crippen LogP contribution in [-0.2, 0) is 25.8 Å². The summed E-state index contributed by atoms with van der Waals surface area (Å²) < 4.78 is 45.1. The fourth-order valence-electron chi connectivity index (χ4n) is 6.86. The van der Waals surface area contributed by atoms with Crippen LogP contribution in [0.15, 0.2) is 133 Å². The molecule has 0 spiro atoms. The van der Waals surface area contributed by atoms with Gasteiger partial charge in [-0.05, 0) is 59.3 Å². The highest BCUT2D eigenvalue weighted by molar-refractivity contribution is 7.89. The number of hydrogen-bond acceptors (Lipinski definition) is 4. The van der Waals surface area contributed by atoms with E-state index in [0.717, 1.165) is 27.9 Å². The van der Waals surface area contributed by atoms with Crippen molar-refractivity contribution in [2.45, 2.75) is 81.7 Å². The number of rotatable bonds is 12. The van der Waals surface area contributed by atoms with Crippen LogP contribution in [0.2, 0.25) is 5.04 Å². The molecule has 5 rings (SSSR count). The zero-order chi connectivity index (χ0) is 32.8. The van der Waals surface area contributed by atoms with Gasteiger partial charge in [-0.3, -0.25) is 0 Å². The van der Waals surface area contributed by atoms with Gasteiger partial charge in [0.2, 0.25) is 10.0 Å². The first kappa shape index (κ1) is 34.0. The van der Waals surface area contributed by atoms with E-state index >= 15 is 0 Å². The molecule has 4 aromatic rings. The number of aryl methyl sites for hydroxylation is 1. The monoisotopic (exact) mass is 653 g/mol. The Hall–Kier alpha value is -3.33. The molecule has 46 heavy (non-hydrogen) atoms. The smallest absolute Gasteiger partial charge is 0.261 e. The van der Waals surface area contributed by atoms with E-state index < -0.39 is 24.4 Å². The Morgan fingerprint density at radius 1 is 0.826 bits per heavy atom. The summed E-state index contributed by atoms with van der Waals surface area (Å²) in [4.78, 5) is 0.284. The minimum Gasteiger partial charge on any atom is -0.406 e. The van der Waals surface area contributed by atoms with Gasteiger partial charge in [0, 0.05) is 6.04 Å². The highest BCUT2D eigenvalue weighted by atomic mass is 32.2. The van der Waals surface area contributed by atoms with Crippen molar-refractivity contribution in [2.75, 3.05) is 6.61 Å². The van der Waals surface area contributed by atoms with E-state index in [9.17, 15) is 8.42 Å². The van der Waals surface area contributed by atoms with E-state index in [-0.39, 0.29) is 28.7 Å². The summed E-state index contributed by atoms with van der Waals surface area (Å²) in [7, 11) is -6.87. The molecule has 0 N–H and O–H groups in total. The van der Waals surface area contributed by atoms with Crippen LogP contribution in [-0.4, -0.2) is 45.8 Å². The van der Waals surface area contributed by atoms with Crippen LogP contribution < -0.4 is 10.4 Å². The fraction of sp³-hybridized carbons (Fsp3) is 0.333. The maximum Gasteiger partial charge on any atom is 0.261 e. The van der Waals surface area contributed by atoms with Crippen molar-refractivity contribution < 1.29 is 17.6 Å². The first-order valence-electron chi connectivity index (χ1n) is 16.2. The van der Waals surface area contributed by atoms with Crippen molar-refractivity contribution in [3.8, 4) is 0 Å². The maximum absolute atomic E-state index is 14.7. The lowest BCUT2D eigenvalue weighted by Gasteiger charge is -2.48. The molecule has 1 saturated heterocycles. The molecule has 3 atom stereocenters. The summed E-state index contributed by atoms with van der Waals surface area (Å²) in [5, 5.41) is 2.05. The highest BCUT2D eigenvalue weighted by Gasteiger charge is 2.52. The minimum absolute atomic E-state index is 0.200. The Morgan fingerprint density at radius 2 is 1.37 bits per heavy atom. The maximum atomic E-state index is 14.7. The lowest BCUT2D eigenvalue weighted by molar-refractivity contribution is -0.0544. The molecule has 7 heteroatoms. The second kappa shape index (κ2) is 14.6. The largest absolute Gasteiger partial charge is 0.406 e. The van der Waals surface area contributed by atoms with Crippen molar-refractivity contribution >= 4 is 28.7 Å². The third-order valence-corrected chi connectivity index (χ3v) is 16.1. The lowest BCUT2D eigenvalue weighted by Crippen LogP contribution is -2.68. The lowest BCUT2D eigenvalue weighted by atomic mass is 9.94. The van der Waals surface area contributed by atoms with Crippen molar-refractivity contribution in [1.29, 1.82) is 0 Å².